The van der Waals surface area contributed by atoms with Crippen molar-refractivity contribution in [3.05, 3.63) is 41.7 Å². The van der Waals surface area contributed by atoms with Crippen LogP contribution in [0.2, 0.25) is 0 Å². The summed E-state index contributed by atoms with van der Waals surface area (Å²) in [4.78, 5) is 11.5. The average molecular weight is 345 g/mol. The van der Waals surface area contributed by atoms with Crippen LogP contribution in [0.15, 0.2) is 28.9 Å². The van der Waals surface area contributed by atoms with Crippen LogP contribution in [-0.4, -0.2) is 34.8 Å². The monoisotopic (exact) mass is 345 g/mol. The van der Waals surface area contributed by atoms with Crippen molar-refractivity contribution in [1.82, 2.24) is 9.97 Å². The molecule has 6 heteroatoms. The highest BCUT2D eigenvalue weighted by molar-refractivity contribution is 5.41. The Morgan fingerprint density at radius 2 is 2.24 bits per heavy atom. The zero-order valence-electron chi connectivity index (χ0n) is 15.0. The summed E-state index contributed by atoms with van der Waals surface area (Å²) in [5, 5.41) is 10.5. The summed E-state index contributed by atoms with van der Waals surface area (Å²) in [6.07, 6.45) is 6.20. The first kappa shape index (κ1) is 17.9. The Balaban J connectivity index is 1.82. The van der Waals surface area contributed by atoms with E-state index in [1.807, 2.05) is 25.1 Å². The number of methoxy groups -OCH3 is 1. The second-order valence-electron chi connectivity index (χ2n) is 6.68. The molecular formula is C19H27N3O3. The SMILES string of the molecule is COCc1nc(C)cc(N2CCCCC[C@@H]2C[C@@H](O)c2ccco2)n1. The van der Waals surface area contributed by atoms with E-state index in [9.17, 15) is 5.11 Å². The first-order valence-corrected chi connectivity index (χ1v) is 8.99. The van der Waals surface area contributed by atoms with E-state index in [1.54, 1.807) is 13.4 Å². The molecule has 2 aromatic heterocycles. The molecule has 0 amide bonds. The second kappa shape index (κ2) is 8.45. The second-order valence-corrected chi connectivity index (χ2v) is 6.68. The van der Waals surface area contributed by atoms with Crippen molar-refractivity contribution in [2.75, 3.05) is 18.6 Å². The van der Waals surface area contributed by atoms with Gasteiger partial charge in [-0.3, -0.25) is 0 Å². The number of aryl methyl sites for hydroxylation is 1. The molecule has 6 nitrogen and oxygen atoms in total. The lowest BCUT2D eigenvalue weighted by Crippen LogP contribution is -2.37. The number of hydrogen-bond donors (Lipinski definition) is 1. The van der Waals surface area contributed by atoms with Gasteiger partial charge >= 0.3 is 0 Å². The van der Waals surface area contributed by atoms with Crippen LogP contribution in [0.1, 0.15) is 55.5 Å². The quantitative estimate of drug-likeness (QED) is 0.865. The van der Waals surface area contributed by atoms with Gasteiger partial charge in [0, 0.05) is 37.9 Å². The molecule has 1 aliphatic rings. The maximum absolute atomic E-state index is 10.5. The minimum atomic E-state index is -0.595. The van der Waals surface area contributed by atoms with E-state index < -0.39 is 6.10 Å². The average Bonchev–Trinajstić information content (AvgIpc) is 3.02. The molecule has 0 unspecified atom stereocenters. The van der Waals surface area contributed by atoms with Crippen LogP contribution in [-0.2, 0) is 11.3 Å². The summed E-state index contributed by atoms with van der Waals surface area (Å²) < 4.78 is 10.6. The molecule has 0 aliphatic carbocycles. The third-order valence-corrected chi connectivity index (χ3v) is 4.70. The van der Waals surface area contributed by atoms with Crippen molar-refractivity contribution >= 4 is 5.82 Å². The number of aliphatic hydroxyl groups is 1. The van der Waals surface area contributed by atoms with Crippen LogP contribution in [0.5, 0.6) is 0 Å². The Hall–Kier alpha value is -1.92. The van der Waals surface area contributed by atoms with Gasteiger partial charge in [-0.05, 0) is 31.9 Å². The number of ether oxygens (including phenoxy) is 1. The topological polar surface area (TPSA) is 71.6 Å². The lowest BCUT2D eigenvalue weighted by atomic mass is 10.0. The van der Waals surface area contributed by atoms with Crippen molar-refractivity contribution in [1.29, 1.82) is 0 Å². The Labute approximate surface area is 148 Å². The van der Waals surface area contributed by atoms with Crippen molar-refractivity contribution in [2.45, 2.75) is 57.8 Å². The van der Waals surface area contributed by atoms with Gasteiger partial charge in [0.05, 0.1) is 6.26 Å². The normalized spacial score (nSPS) is 19.6. The Bertz CT molecular complexity index is 660. The van der Waals surface area contributed by atoms with E-state index in [0.717, 1.165) is 30.9 Å². The minimum Gasteiger partial charge on any atom is -0.467 e. The smallest absolute Gasteiger partial charge is 0.156 e. The summed E-state index contributed by atoms with van der Waals surface area (Å²) >= 11 is 0. The molecule has 0 spiro atoms. The van der Waals surface area contributed by atoms with Gasteiger partial charge in [-0.2, -0.15) is 0 Å². The number of hydrogen-bond acceptors (Lipinski definition) is 6. The molecule has 0 saturated carbocycles. The summed E-state index contributed by atoms with van der Waals surface area (Å²) in [6.45, 7) is 3.33. The fourth-order valence-corrected chi connectivity index (χ4v) is 3.53. The van der Waals surface area contributed by atoms with Crippen LogP contribution < -0.4 is 4.90 Å². The highest BCUT2D eigenvalue weighted by Crippen LogP contribution is 2.29. The van der Waals surface area contributed by atoms with Crippen LogP contribution in [0.25, 0.3) is 0 Å². The van der Waals surface area contributed by atoms with Gasteiger partial charge in [0.15, 0.2) is 5.82 Å². The molecule has 0 bridgehead atoms. The lowest BCUT2D eigenvalue weighted by molar-refractivity contribution is 0.129. The van der Waals surface area contributed by atoms with E-state index in [0.29, 0.717) is 24.6 Å². The van der Waals surface area contributed by atoms with Gasteiger partial charge in [0.1, 0.15) is 24.3 Å². The molecule has 1 aliphatic heterocycles. The number of aliphatic hydroxyl groups excluding tert-OH is 1. The van der Waals surface area contributed by atoms with Crippen molar-refractivity contribution in [3.8, 4) is 0 Å². The summed E-state index contributed by atoms with van der Waals surface area (Å²) in [5.74, 6) is 2.26. The van der Waals surface area contributed by atoms with E-state index >= 15 is 0 Å². The van der Waals surface area contributed by atoms with Gasteiger partial charge < -0.3 is 19.2 Å². The predicted molar refractivity (Wildman–Crippen MR) is 95.4 cm³/mol. The number of nitrogens with zero attached hydrogens (tertiary/aromatic N) is 3. The van der Waals surface area contributed by atoms with Crippen LogP contribution in [0.4, 0.5) is 5.82 Å². The molecule has 1 saturated heterocycles. The van der Waals surface area contributed by atoms with Crippen molar-refractivity contribution in [3.63, 3.8) is 0 Å². The van der Waals surface area contributed by atoms with Crippen LogP contribution in [0, 0.1) is 6.92 Å². The van der Waals surface area contributed by atoms with Crippen LogP contribution in [0.3, 0.4) is 0 Å². The Kier molecular flexibility index (Phi) is 6.04. The molecule has 3 rings (SSSR count). The number of aromatic nitrogens is 2. The first-order valence-electron chi connectivity index (χ1n) is 8.99. The number of rotatable bonds is 6. The largest absolute Gasteiger partial charge is 0.467 e. The van der Waals surface area contributed by atoms with Gasteiger partial charge in [-0.25, -0.2) is 9.97 Å². The van der Waals surface area contributed by atoms with Gasteiger partial charge in [-0.1, -0.05) is 12.8 Å². The van der Waals surface area contributed by atoms with Gasteiger partial charge in [0.2, 0.25) is 0 Å². The number of furan rings is 1. The number of anilines is 1. The van der Waals surface area contributed by atoms with Crippen molar-refractivity contribution in [2.24, 2.45) is 0 Å². The third kappa shape index (κ3) is 4.58. The summed E-state index contributed by atoms with van der Waals surface area (Å²) in [7, 11) is 1.65. The zero-order valence-corrected chi connectivity index (χ0v) is 15.0. The van der Waals surface area contributed by atoms with E-state index in [-0.39, 0.29) is 6.04 Å². The Morgan fingerprint density at radius 3 is 3.00 bits per heavy atom. The molecule has 3 heterocycles. The standard InChI is InChI=1S/C19H27N3O3/c1-14-11-19(21-18(20-14)13-24-2)22-9-5-3-4-7-15(22)12-16(23)17-8-6-10-25-17/h6,8,10-11,15-16,23H,3-5,7,9,12-13H2,1-2H3/t15-,16-/m1/s1. The molecule has 0 radical (unpaired) electrons. The fourth-order valence-electron chi connectivity index (χ4n) is 3.53. The molecule has 0 aromatic carbocycles. The van der Waals surface area contributed by atoms with Crippen molar-refractivity contribution < 1.29 is 14.3 Å². The molecule has 25 heavy (non-hydrogen) atoms. The highest BCUT2D eigenvalue weighted by atomic mass is 16.5. The summed E-state index contributed by atoms with van der Waals surface area (Å²) in [6, 6.07) is 5.90. The molecule has 1 N–H and O–H groups in total. The van der Waals surface area contributed by atoms with E-state index in [2.05, 4.69) is 9.88 Å². The zero-order chi connectivity index (χ0) is 17.6. The summed E-state index contributed by atoms with van der Waals surface area (Å²) in [5.41, 5.74) is 0.937. The third-order valence-electron chi connectivity index (χ3n) is 4.70. The lowest BCUT2D eigenvalue weighted by Gasteiger charge is -2.32. The maximum Gasteiger partial charge on any atom is 0.156 e. The minimum absolute atomic E-state index is 0.229. The first-order chi connectivity index (χ1) is 12.2. The highest BCUT2D eigenvalue weighted by Gasteiger charge is 2.26. The van der Waals surface area contributed by atoms with E-state index in [4.69, 9.17) is 14.1 Å². The maximum atomic E-state index is 10.5. The molecule has 2 atom stereocenters. The molecular weight excluding hydrogens is 318 g/mol. The van der Waals surface area contributed by atoms with Gasteiger partial charge in [0.25, 0.3) is 0 Å². The Morgan fingerprint density at radius 1 is 1.36 bits per heavy atom. The van der Waals surface area contributed by atoms with E-state index in [1.165, 1.54) is 12.8 Å². The van der Waals surface area contributed by atoms with Gasteiger partial charge in [-0.15, -0.1) is 0 Å². The fraction of sp³-hybridized carbons (Fsp3) is 0.579. The molecule has 1 fully saturated rings. The predicted octanol–water partition coefficient (Wildman–Crippen LogP) is 3.40. The van der Waals surface area contributed by atoms with Crippen LogP contribution >= 0.6 is 0 Å². The molecule has 2 aromatic rings. The molecule has 136 valence electrons.